The van der Waals surface area contributed by atoms with E-state index in [9.17, 15) is 8.42 Å². The number of sulfonamides is 1. The molecule has 2 aliphatic rings. The van der Waals surface area contributed by atoms with Crippen molar-refractivity contribution in [1.82, 2.24) is 0 Å². The summed E-state index contributed by atoms with van der Waals surface area (Å²) in [7, 11) is -3.69. The topological polar surface area (TPSA) is 58.2 Å². The zero-order valence-corrected chi connectivity index (χ0v) is 20.4. The average Bonchev–Trinajstić information content (AvgIpc) is 3.22. The van der Waals surface area contributed by atoms with Crippen molar-refractivity contribution in [3.63, 3.8) is 0 Å². The third kappa shape index (κ3) is 3.97. The summed E-state index contributed by atoms with van der Waals surface area (Å²) in [6.45, 7) is 3.92. The molecule has 0 amide bonds. The van der Waals surface area contributed by atoms with Crippen LogP contribution in [0.5, 0.6) is 0 Å². The smallest absolute Gasteiger partial charge is 0.261 e. The second-order valence-corrected chi connectivity index (χ2v) is 11.4. The summed E-state index contributed by atoms with van der Waals surface area (Å²) in [5.74, 6) is 0.547. The fourth-order valence-electron chi connectivity index (χ4n) is 4.99. The van der Waals surface area contributed by atoms with E-state index in [1.54, 1.807) is 6.07 Å². The molecular weight excluding hydrogens is 484 g/mol. The van der Waals surface area contributed by atoms with E-state index in [-0.39, 0.29) is 12.0 Å². The van der Waals surface area contributed by atoms with E-state index in [1.165, 1.54) is 5.56 Å². The standard InChI is InChI=1S/C26H25BrN2O2S/c1-16-12-17(2)14-20(13-16)29-32(30,31)21-10-11-25-24(15-21)22-4-3-5-23(22)26(28-25)18-6-8-19(27)9-7-18/h3-4,6-15,22-23,26,28-29H,5H2,1-2H3. The summed E-state index contributed by atoms with van der Waals surface area (Å²) in [6, 6.07) is 19.8. The second kappa shape index (κ2) is 8.09. The highest BCUT2D eigenvalue weighted by Gasteiger charge is 2.38. The first-order valence-electron chi connectivity index (χ1n) is 10.7. The Morgan fingerprint density at radius 1 is 0.969 bits per heavy atom. The second-order valence-electron chi connectivity index (χ2n) is 8.76. The van der Waals surface area contributed by atoms with Crippen LogP contribution in [0.1, 0.15) is 40.6 Å². The molecule has 5 rings (SSSR count). The molecule has 4 nitrogen and oxygen atoms in total. The molecule has 3 aromatic rings. The van der Waals surface area contributed by atoms with Gasteiger partial charge in [-0.05, 0) is 90.9 Å². The number of benzene rings is 3. The Hall–Kier alpha value is -2.57. The van der Waals surface area contributed by atoms with E-state index < -0.39 is 10.0 Å². The van der Waals surface area contributed by atoms with Crippen LogP contribution < -0.4 is 10.0 Å². The molecule has 0 fully saturated rings. The predicted molar refractivity (Wildman–Crippen MR) is 134 cm³/mol. The number of halogens is 1. The fraction of sp³-hybridized carbons (Fsp3) is 0.231. The summed E-state index contributed by atoms with van der Waals surface area (Å²) in [6.07, 6.45) is 5.41. The average molecular weight is 509 g/mol. The van der Waals surface area contributed by atoms with Gasteiger partial charge < -0.3 is 5.32 Å². The Kier molecular flexibility index (Phi) is 5.38. The summed E-state index contributed by atoms with van der Waals surface area (Å²) in [4.78, 5) is 0.290. The van der Waals surface area contributed by atoms with Crippen molar-refractivity contribution in [3.05, 3.63) is 99.5 Å². The molecule has 0 bridgehead atoms. The Morgan fingerprint density at radius 2 is 1.69 bits per heavy atom. The Bertz CT molecular complexity index is 1300. The highest BCUT2D eigenvalue weighted by molar-refractivity contribution is 9.10. The third-order valence-corrected chi connectivity index (χ3v) is 8.26. The SMILES string of the molecule is Cc1cc(C)cc(NS(=O)(=O)c2ccc3c(c2)C2C=CCC2C(c2ccc(Br)cc2)N3)c1. The number of aryl methyl sites for hydroxylation is 2. The van der Waals surface area contributed by atoms with Gasteiger partial charge in [0.05, 0.1) is 10.9 Å². The van der Waals surface area contributed by atoms with E-state index in [1.807, 2.05) is 44.2 Å². The number of fused-ring (bicyclic) bond motifs is 3. The van der Waals surface area contributed by atoms with Gasteiger partial charge in [0, 0.05) is 21.8 Å². The summed E-state index contributed by atoms with van der Waals surface area (Å²) < 4.78 is 30.1. The van der Waals surface area contributed by atoms with Crippen molar-refractivity contribution < 1.29 is 8.42 Å². The van der Waals surface area contributed by atoms with Crippen molar-refractivity contribution >= 4 is 37.3 Å². The molecule has 3 aromatic carbocycles. The molecule has 0 radical (unpaired) electrons. The molecule has 1 aliphatic carbocycles. The molecule has 1 heterocycles. The zero-order chi connectivity index (χ0) is 22.5. The highest BCUT2D eigenvalue weighted by Crippen LogP contribution is 2.50. The van der Waals surface area contributed by atoms with Crippen LogP contribution in [-0.2, 0) is 10.0 Å². The minimum absolute atomic E-state index is 0.187. The minimum atomic E-state index is -3.69. The molecule has 6 heteroatoms. The van der Waals surface area contributed by atoms with Gasteiger partial charge in [-0.25, -0.2) is 8.42 Å². The molecular formula is C26H25BrN2O2S. The van der Waals surface area contributed by atoms with Gasteiger partial charge >= 0.3 is 0 Å². The Morgan fingerprint density at radius 3 is 2.41 bits per heavy atom. The Labute approximate surface area is 197 Å². The van der Waals surface area contributed by atoms with Gasteiger partial charge in [0.2, 0.25) is 0 Å². The predicted octanol–water partition coefficient (Wildman–Crippen LogP) is 6.69. The van der Waals surface area contributed by atoms with Gasteiger partial charge in [-0.1, -0.05) is 46.3 Å². The summed E-state index contributed by atoms with van der Waals surface area (Å²) in [5, 5.41) is 3.68. The largest absolute Gasteiger partial charge is 0.378 e. The molecule has 0 saturated carbocycles. The molecule has 1 aliphatic heterocycles. The molecule has 3 atom stereocenters. The molecule has 164 valence electrons. The molecule has 3 unspecified atom stereocenters. The van der Waals surface area contributed by atoms with Crippen LogP contribution in [0.3, 0.4) is 0 Å². The summed E-state index contributed by atoms with van der Waals surface area (Å²) >= 11 is 3.51. The van der Waals surface area contributed by atoms with Crippen LogP contribution in [-0.4, -0.2) is 8.42 Å². The first-order chi connectivity index (χ1) is 15.3. The van der Waals surface area contributed by atoms with Crippen molar-refractivity contribution in [2.75, 3.05) is 10.0 Å². The normalized spacial score (nSPS) is 21.5. The lowest BCUT2D eigenvalue weighted by atomic mass is 9.77. The van der Waals surface area contributed by atoms with Crippen LogP contribution in [0, 0.1) is 19.8 Å². The van der Waals surface area contributed by atoms with Crippen molar-refractivity contribution in [2.24, 2.45) is 5.92 Å². The van der Waals surface area contributed by atoms with Gasteiger partial charge in [-0.2, -0.15) is 0 Å². The highest BCUT2D eigenvalue weighted by atomic mass is 79.9. The van der Waals surface area contributed by atoms with Crippen LogP contribution >= 0.6 is 15.9 Å². The fourth-order valence-corrected chi connectivity index (χ4v) is 6.33. The molecule has 2 N–H and O–H groups in total. The maximum absolute atomic E-state index is 13.2. The van der Waals surface area contributed by atoms with Crippen molar-refractivity contribution in [1.29, 1.82) is 0 Å². The van der Waals surface area contributed by atoms with Gasteiger partial charge in [-0.15, -0.1) is 0 Å². The lowest BCUT2D eigenvalue weighted by Crippen LogP contribution is -2.29. The van der Waals surface area contributed by atoms with E-state index in [0.29, 0.717) is 16.5 Å². The van der Waals surface area contributed by atoms with E-state index >= 15 is 0 Å². The number of allylic oxidation sites excluding steroid dienone is 2. The maximum Gasteiger partial charge on any atom is 0.261 e. The van der Waals surface area contributed by atoms with Gasteiger partial charge in [-0.3, -0.25) is 4.72 Å². The van der Waals surface area contributed by atoms with Gasteiger partial charge in [0.25, 0.3) is 10.0 Å². The van der Waals surface area contributed by atoms with Crippen LogP contribution in [0.15, 0.2) is 82.2 Å². The number of hydrogen-bond acceptors (Lipinski definition) is 3. The first kappa shape index (κ1) is 21.3. The third-order valence-electron chi connectivity index (χ3n) is 6.35. The number of nitrogens with one attached hydrogen (secondary N) is 2. The van der Waals surface area contributed by atoms with Crippen LogP contribution in [0.2, 0.25) is 0 Å². The van der Waals surface area contributed by atoms with Gasteiger partial charge in [0.1, 0.15) is 0 Å². The molecule has 32 heavy (non-hydrogen) atoms. The van der Waals surface area contributed by atoms with Crippen molar-refractivity contribution in [3.8, 4) is 0 Å². The number of rotatable bonds is 4. The summed E-state index contributed by atoms with van der Waals surface area (Å²) in [5.41, 5.74) is 5.92. The van der Waals surface area contributed by atoms with Crippen molar-refractivity contribution in [2.45, 2.75) is 37.1 Å². The lowest BCUT2D eigenvalue weighted by Gasteiger charge is -2.37. The molecule has 0 spiro atoms. The van der Waals surface area contributed by atoms with E-state index in [4.69, 9.17) is 0 Å². The minimum Gasteiger partial charge on any atom is -0.378 e. The molecule has 0 saturated heterocycles. The zero-order valence-electron chi connectivity index (χ0n) is 18.0. The van der Waals surface area contributed by atoms with Gasteiger partial charge in [0.15, 0.2) is 0 Å². The number of anilines is 2. The first-order valence-corrected chi connectivity index (χ1v) is 13.0. The van der Waals surface area contributed by atoms with Crippen LogP contribution in [0.25, 0.3) is 0 Å². The monoisotopic (exact) mass is 508 g/mol. The maximum atomic E-state index is 13.2. The number of hydrogen-bond donors (Lipinski definition) is 2. The quantitative estimate of drug-likeness (QED) is 0.385. The van der Waals surface area contributed by atoms with E-state index in [2.05, 4.69) is 62.4 Å². The lowest BCUT2D eigenvalue weighted by molar-refractivity contribution is 0.425. The van der Waals surface area contributed by atoms with Crippen LogP contribution in [0.4, 0.5) is 11.4 Å². The molecule has 0 aromatic heterocycles. The van der Waals surface area contributed by atoms with E-state index in [0.717, 1.165) is 33.3 Å². The Balaban J connectivity index is 1.49.